The van der Waals surface area contributed by atoms with E-state index in [1.807, 2.05) is 7.05 Å². The summed E-state index contributed by atoms with van der Waals surface area (Å²) in [7, 11) is 3.75. The number of phenols is 1. The SMILES string of the molecule is CN1CC[C@@H](Oc2ccc3c(n2)nc(-c2ccc(C(F)(F)F)cc2O)n3C)C1. The van der Waals surface area contributed by atoms with Crippen LogP contribution < -0.4 is 4.74 Å². The second-order valence-electron chi connectivity index (χ2n) is 7.01. The summed E-state index contributed by atoms with van der Waals surface area (Å²) < 4.78 is 46.1. The van der Waals surface area contributed by atoms with Crippen LogP contribution in [0.15, 0.2) is 30.3 Å². The van der Waals surface area contributed by atoms with Crippen LogP contribution in [0.5, 0.6) is 11.6 Å². The number of rotatable bonds is 3. The number of likely N-dealkylation sites (N-methyl/N-ethyl adjacent to an activating group) is 1. The molecule has 1 N–H and O–H groups in total. The number of pyridine rings is 1. The summed E-state index contributed by atoms with van der Waals surface area (Å²) in [6, 6.07) is 6.39. The van der Waals surface area contributed by atoms with Crippen LogP contribution in [0, 0.1) is 0 Å². The molecule has 0 bridgehead atoms. The van der Waals surface area contributed by atoms with Crippen LogP contribution >= 0.6 is 0 Å². The van der Waals surface area contributed by atoms with Crippen molar-refractivity contribution in [2.24, 2.45) is 7.05 Å². The number of hydrogen-bond donors (Lipinski definition) is 1. The molecule has 2 aromatic heterocycles. The molecule has 0 spiro atoms. The fraction of sp³-hybridized carbons (Fsp3) is 0.368. The van der Waals surface area contributed by atoms with Crippen LogP contribution in [0.3, 0.4) is 0 Å². The van der Waals surface area contributed by atoms with Crippen molar-refractivity contribution in [1.29, 1.82) is 0 Å². The smallest absolute Gasteiger partial charge is 0.416 e. The molecular formula is C19H19F3N4O2. The molecule has 1 aliphatic heterocycles. The number of imidazole rings is 1. The van der Waals surface area contributed by atoms with Crippen LogP contribution in [0.25, 0.3) is 22.6 Å². The fourth-order valence-corrected chi connectivity index (χ4v) is 3.42. The highest BCUT2D eigenvalue weighted by molar-refractivity contribution is 5.79. The highest BCUT2D eigenvalue weighted by Gasteiger charge is 2.31. The molecule has 1 atom stereocenters. The Bertz CT molecular complexity index is 1030. The van der Waals surface area contributed by atoms with E-state index in [1.54, 1.807) is 23.7 Å². The topological polar surface area (TPSA) is 63.4 Å². The number of halogens is 3. The van der Waals surface area contributed by atoms with Crippen molar-refractivity contribution < 1.29 is 23.0 Å². The lowest BCUT2D eigenvalue weighted by Crippen LogP contribution is -2.21. The van der Waals surface area contributed by atoms with E-state index in [4.69, 9.17) is 4.74 Å². The minimum atomic E-state index is -4.52. The van der Waals surface area contributed by atoms with Gasteiger partial charge in [0.15, 0.2) is 5.65 Å². The molecule has 4 rings (SSSR count). The molecule has 9 heteroatoms. The molecule has 148 valence electrons. The number of aromatic hydroxyl groups is 1. The second-order valence-corrected chi connectivity index (χ2v) is 7.01. The molecule has 6 nitrogen and oxygen atoms in total. The summed E-state index contributed by atoms with van der Waals surface area (Å²) in [5.41, 5.74) is 0.377. The van der Waals surface area contributed by atoms with E-state index in [-0.39, 0.29) is 11.7 Å². The van der Waals surface area contributed by atoms with Gasteiger partial charge >= 0.3 is 6.18 Å². The van der Waals surface area contributed by atoms with Gasteiger partial charge in [0.05, 0.1) is 16.6 Å². The minimum Gasteiger partial charge on any atom is -0.507 e. The van der Waals surface area contributed by atoms with E-state index >= 15 is 0 Å². The van der Waals surface area contributed by atoms with E-state index in [9.17, 15) is 18.3 Å². The molecule has 3 heterocycles. The first-order valence-electron chi connectivity index (χ1n) is 8.81. The Morgan fingerprint density at radius 2 is 1.93 bits per heavy atom. The third kappa shape index (κ3) is 3.37. The number of aryl methyl sites for hydroxylation is 1. The van der Waals surface area contributed by atoms with Crippen molar-refractivity contribution >= 4 is 11.2 Å². The Morgan fingerprint density at radius 1 is 1.14 bits per heavy atom. The standard InChI is InChI=1S/C19H19F3N4O2/c1-25-8-7-12(10-25)28-16-6-5-14-17(23-16)24-18(26(14)2)13-4-3-11(9-15(13)27)19(20,21)22/h3-6,9,12,27H,7-8,10H2,1-2H3/t12-/m1/s1. The summed E-state index contributed by atoms with van der Waals surface area (Å²) in [6.45, 7) is 1.79. The number of ether oxygens (including phenoxy) is 1. The zero-order chi connectivity index (χ0) is 20.1. The number of aromatic nitrogens is 3. The van der Waals surface area contributed by atoms with Crippen molar-refractivity contribution in [2.75, 3.05) is 20.1 Å². The maximum absolute atomic E-state index is 12.8. The van der Waals surface area contributed by atoms with Crippen LogP contribution in [-0.2, 0) is 13.2 Å². The first-order valence-corrected chi connectivity index (χ1v) is 8.81. The van der Waals surface area contributed by atoms with Crippen molar-refractivity contribution in [1.82, 2.24) is 19.4 Å². The lowest BCUT2D eigenvalue weighted by atomic mass is 10.1. The average Bonchev–Trinajstić information content (AvgIpc) is 3.17. The van der Waals surface area contributed by atoms with Gasteiger partial charge in [-0.15, -0.1) is 0 Å². The quantitative estimate of drug-likeness (QED) is 0.740. The van der Waals surface area contributed by atoms with Gasteiger partial charge in [0.25, 0.3) is 0 Å². The number of benzene rings is 1. The summed E-state index contributed by atoms with van der Waals surface area (Å²) in [5, 5.41) is 10.1. The van der Waals surface area contributed by atoms with E-state index in [0.29, 0.717) is 28.9 Å². The predicted octanol–water partition coefficient (Wildman–Crippen LogP) is 3.44. The van der Waals surface area contributed by atoms with E-state index in [0.717, 1.165) is 25.6 Å². The van der Waals surface area contributed by atoms with Crippen LogP contribution in [0.2, 0.25) is 0 Å². The van der Waals surface area contributed by atoms with Gasteiger partial charge in [0, 0.05) is 26.2 Å². The number of fused-ring (bicyclic) bond motifs is 1. The number of phenolic OH excluding ortho intramolecular Hbond substituents is 1. The molecule has 0 unspecified atom stereocenters. The number of likely N-dealkylation sites (tertiary alicyclic amines) is 1. The minimum absolute atomic E-state index is 0.0667. The van der Waals surface area contributed by atoms with Crippen molar-refractivity contribution in [2.45, 2.75) is 18.7 Å². The third-order valence-corrected chi connectivity index (χ3v) is 4.92. The third-order valence-electron chi connectivity index (χ3n) is 4.92. The Labute approximate surface area is 159 Å². The molecule has 1 aromatic carbocycles. The Balaban J connectivity index is 1.68. The number of nitrogens with zero attached hydrogens (tertiary/aromatic N) is 4. The Kier molecular flexibility index (Phi) is 4.41. The van der Waals surface area contributed by atoms with Gasteiger partial charge in [-0.1, -0.05) is 0 Å². The first-order chi connectivity index (χ1) is 13.2. The van der Waals surface area contributed by atoms with Crippen LogP contribution in [0.1, 0.15) is 12.0 Å². The maximum Gasteiger partial charge on any atom is 0.416 e. The van der Waals surface area contributed by atoms with E-state index in [2.05, 4.69) is 14.9 Å². The molecule has 3 aromatic rings. The predicted molar refractivity (Wildman–Crippen MR) is 97.1 cm³/mol. The summed E-state index contributed by atoms with van der Waals surface area (Å²) in [4.78, 5) is 11.0. The van der Waals surface area contributed by atoms with Gasteiger partial charge in [0.2, 0.25) is 5.88 Å². The summed E-state index contributed by atoms with van der Waals surface area (Å²) in [6.07, 6.45) is -3.54. The lowest BCUT2D eigenvalue weighted by molar-refractivity contribution is -0.137. The molecule has 0 amide bonds. The highest BCUT2D eigenvalue weighted by Crippen LogP contribution is 2.37. The molecule has 1 saturated heterocycles. The van der Waals surface area contributed by atoms with Crippen LogP contribution in [-0.4, -0.2) is 50.8 Å². The van der Waals surface area contributed by atoms with Gasteiger partial charge in [-0.05, 0) is 37.7 Å². The molecule has 28 heavy (non-hydrogen) atoms. The maximum atomic E-state index is 12.8. The average molecular weight is 392 g/mol. The molecular weight excluding hydrogens is 373 g/mol. The van der Waals surface area contributed by atoms with Gasteiger partial charge in [-0.2, -0.15) is 18.2 Å². The Hall–Kier alpha value is -2.81. The van der Waals surface area contributed by atoms with Crippen molar-refractivity contribution in [3.8, 4) is 23.0 Å². The van der Waals surface area contributed by atoms with Crippen molar-refractivity contribution in [3.63, 3.8) is 0 Å². The highest BCUT2D eigenvalue weighted by atomic mass is 19.4. The zero-order valence-corrected chi connectivity index (χ0v) is 15.4. The fourth-order valence-electron chi connectivity index (χ4n) is 3.42. The Morgan fingerprint density at radius 3 is 2.57 bits per heavy atom. The zero-order valence-electron chi connectivity index (χ0n) is 15.4. The molecule has 1 fully saturated rings. The van der Waals surface area contributed by atoms with Crippen LogP contribution in [0.4, 0.5) is 13.2 Å². The normalized spacial score (nSPS) is 18.1. The summed E-state index contributed by atoms with van der Waals surface area (Å²) >= 11 is 0. The van der Waals surface area contributed by atoms with Gasteiger partial charge in [-0.3, -0.25) is 0 Å². The molecule has 0 radical (unpaired) electrons. The lowest BCUT2D eigenvalue weighted by Gasteiger charge is -2.12. The monoisotopic (exact) mass is 392 g/mol. The second kappa shape index (κ2) is 6.66. The van der Waals surface area contributed by atoms with Gasteiger partial charge < -0.3 is 19.3 Å². The van der Waals surface area contributed by atoms with Gasteiger partial charge in [0.1, 0.15) is 17.7 Å². The van der Waals surface area contributed by atoms with Gasteiger partial charge in [-0.25, -0.2) is 4.98 Å². The number of alkyl halides is 3. The van der Waals surface area contributed by atoms with Crippen molar-refractivity contribution in [3.05, 3.63) is 35.9 Å². The number of hydrogen-bond acceptors (Lipinski definition) is 5. The summed E-state index contributed by atoms with van der Waals surface area (Å²) in [5.74, 6) is 0.291. The molecule has 1 aliphatic rings. The molecule has 0 saturated carbocycles. The molecule has 0 aliphatic carbocycles. The largest absolute Gasteiger partial charge is 0.507 e. The first kappa shape index (κ1) is 18.5. The van der Waals surface area contributed by atoms with E-state index in [1.165, 1.54) is 6.07 Å². The van der Waals surface area contributed by atoms with E-state index < -0.39 is 17.5 Å².